The molecule has 0 saturated heterocycles. The molecular formula is C26H32Cl2N2. The van der Waals surface area contributed by atoms with E-state index in [1.165, 1.54) is 95.7 Å². The van der Waals surface area contributed by atoms with Crippen LogP contribution >= 0.6 is 24.8 Å². The van der Waals surface area contributed by atoms with Gasteiger partial charge in [0.15, 0.2) is 0 Å². The van der Waals surface area contributed by atoms with Crippen LogP contribution in [0.5, 0.6) is 0 Å². The van der Waals surface area contributed by atoms with Crippen LogP contribution in [0.2, 0.25) is 0 Å². The van der Waals surface area contributed by atoms with E-state index >= 15 is 0 Å². The van der Waals surface area contributed by atoms with Crippen molar-refractivity contribution in [2.45, 2.75) is 65.2 Å². The van der Waals surface area contributed by atoms with Gasteiger partial charge in [-0.25, -0.2) is 0 Å². The number of hydrogen-bond donors (Lipinski definition) is 2. The third-order valence-corrected chi connectivity index (χ3v) is 6.58. The second kappa shape index (κ2) is 9.49. The molecule has 2 aliphatic rings. The van der Waals surface area contributed by atoms with E-state index in [0.717, 1.165) is 0 Å². The third kappa shape index (κ3) is 4.13. The van der Waals surface area contributed by atoms with Gasteiger partial charge in [-0.1, -0.05) is 24.3 Å². The topological polar surface area (TPSA) is 31.6 Å². The Morgan fingerprint density at radius 1 is 0.667 bits per heavy atom. The Hall–Kier alpha value is -1.90. The van der Waals surface area contributed by atoms with Crippen LogP contribution in [0.3, 0.4) is 0 Å². The van der Waals surface area contributed by atoms with Crippen LogP contribution in [0.15, 0.2) is 36.4 Å². The summed E-state index contributed by atoms with van der Waals surface area (Å²) < 4.78 is 0. The maximum atomic E-state index is 3.56. The second-order valence-electron chi connectivity index (χ2n) is 8.62. The normalized spacial score (nSPS) is 14.7. The van der Waals surface area contributed by atoms with Crippen molar-refractivity contribution in [3.63, 3.8) is 0 Å². The van der Waals surface area contributed by atoms with E-state index in [1.807, 2.05) is 0 Å². The summed E-state index contributed by atoms with van der Waals surface area (Å²) in [5.74, 6) is 0. The summed E-state index contributed by atoms with van der Waals surface area (Å²) in [4.78, 5) is 7.11. The molecule has 0 saturated carbocycles. The zero-order chi connectivity index (χ0) is 19.1. The smallest absolute Gasteiger partial charge is 0.0461 e. The van der Waals surface area contributed by atoms with Crippen molar-refractivity contribution in [2.24, 2.45) is 0 Å². The lowest BCUT2D eigenvalue weighted by Crippen LogP contribution is -2.00. The van der Waals surface area contributed by atoms with Crippen LogP contribution in [0, 0.1) is 13.8 Å². The molecule has 2 N–H and O–H groups in total. The molecule has 6 rings (SSSR count). The number of aromatic amines is 2. The Kier molecular flexibility index (Phi) is 7.21. The average molecular weight is 443 g/mol. The minimum Gasteiger partial charge on any atom is -0.358 e. The molecule has 0 spiro atoms. The Morgan fingerprint density at radius 3 is 2.07 bits per heavy atom. The highest BCUT2D eigenvalue weighted by Crippen LogP contribution is 2.31. The van der Waals surface area contributed by atoms with Gasteiger partial charge < -0.3 is 9.97 Å². The minimum atomic E-state index is 0. The summed E-state index contributed by atoms with van der Waals surface area (Å²) in [5.41, 5.74) is 11.6. The SMILES string of the molecule is Cc1ccc2c3c([nH]c2c1)CCCC3.Cc1cccc2[nH]c3c(c12)CCCC3.Cl.Cl. The lowest BCUT2D eigenvalue weighted by Gasteiger charge is -2.10. The fourth-order valence-corrected chi connectivity index (χ4v) is 5.18. The number of nitrogens with one attached hydrogen (secondary N) is 2. The molecule has 4 heteroatoms. The summed E-state index contributed by atoms with van der Waals surface area (Å²) in [6.45, 7) is 4.37. The highest BCUT2D eigenvalue weighted by Gasteiger charge is 2.16. The predicted molar refractivity (Wildman–Crippen MR) is 134 cm³/mol. The van der Waals surface area contributed by atoms with E-state index in [4.69, 9.17) is 0 Å². The summed E-state index contributed by atoms with van der Waals surface area (Å²) in [7, 11) is 0. The fraction of sp³-hybridized carbons (Fsp3) is 0.385. The Labute approximate surface area is 191 Å². The van der Waals surface area contributed by atoms with Gasteiger partial charge in [-0.15, -0.1) is 24.8 Å². The summed E-state index contributed by atoms with van der Waals surface area (Å²) in [6, 6.07) is 13.3. The fourth-order valence-electron chi connectivity index (χ4n) is 5.18. The van der Waals surface area contributed by atoms with Crippen LogP contribution < -0.4 is 0 Å². The maximum Gasteiger partial charge on any atom is 0.0461 e. The standard InChI is InChI=1S/2C13H15N.2ClH/c1-9-5-4-8-12-13(9)10-6-2-3-7-11(10)14-12;1-9-6-7-11-10-4-2-3-5-12(10)14-13(11)8-9;;/h4-5,8,14H,2-3,6-7H2,1H3;6-8,14H,2-5H2,1H3;2*1H. The molecule has 2 aromatic heterocycles. The molecule has 0 aliphatic heterocycles. The predicted octanol–water partition coefficient (Wildman–Crippen LogP) is 7.55. The Morgan fingerprint density at radius 2 is 1.30 bits per heavy atom. The van der Waals surface area contributed by atoms with Crippen LogP contribution in [-0.4, -0.2) is 9.97 Å². The number of fused-ring (bicyclic) bond motifs is 6. The van der Waals surface area contributed by atoms with Gasteiger partial charge in [-0.2, -0.15) is 0 Å². The highest BCUT2D eigenvalue weighted by molar-refractivity contribution is 5.88. The number of halogens is 2. The van der Waals surface area contributed by atoms with Crippen molar-refractivity contribution in [3.8, 4) is 0 Å². The van der Waals surface area contributed by atoms with E-state index < -0.39 is 0 Å². The molecule has 2 aliphatic carbocycles. The number of hydrogen-bond acceptors (Lipinski definition) is 0. The van der Waals surface area contributed by atoms with Crippen LogP contribution in [-0.2, 0) is 25.7 Å². The zero-order valence-corrected chi connectivity index (χ0v) is 19.6. The van der Waals surface area contributed by atoms with E-state index in [2.05, 4.69) is 60.2 Å². The molecule has 0 radical (unpaired) electrons. The summed E-state index contributed by atoms with van der Waals surface area (Å²) in [5, 5.41) is 2.94. The molecule has 2 nitrogen and oxygen atoms in total. The monoisotopic (exact) mass is 442 g/mol. The molecule has 160 valence electrons. The van der Waals surface area contributed by atoms with E-state index in [-0.39, 0.29) is 24.8 Å². The molecule has 0 atom stereocenters. The Bertz CT molecular complexity index is 1150. The first kappa shape index (κ1) is 22.8. The lowest BCUT2D eigenvalue weighted by atomic mass is 9.94. The number of aromatic nitrogens is 2. The highest BCUT2D eigenvalue weighted by atomic mass is 35.5. The van der Waals surface area contributed by atoms with Crippen molar-refractivity contribution >= 4 is 46.6 Å². The minimum absolute atomic E-state index is 0. The molecule has 0 fully saturated rings. The van der Waals surface area contributed by atoms with Crippen molar-refractivity contribution < 1.29 is 0 Å². The van der Waals surface area contributed by atoms with Gasteiger partial charge in [-0.05, 0) is 99.6 Å². The first-order chi connectivity index (χ1) is 13.7. The van der Waals surface area contributed by atoms with Crippen molar-refractivity contribution in [3.05, 3.63) is 70.0 Å². The molecule has 0 bridgehead atoms. The summed E-state index contributed by atoms with van der Waals surface area (Å²) >= 11 is 0. The van der Waals surface area contributed by atoms with Gasteiger partial charge in [0, 0.05) is 33.2 Å². The van der Waals surface area contributed by atoms with Crippen LogP contribution in [0.4, 0.5) is 0 Å². The Balaban J connectivity index is 0.000000160. The third-order valence-electron chi connectivity index (χ3n) is 6.58. The van der Waals surface area contributed by atoms with Crippen molar-refractivity contribution in [1.82, 2.24) is 9.97 Å². The molecule has 0 amide bonds. The molecular weight excluding hydrogens is 411 g/mol. The largest absolute Gasteiger partial charge is 0.358 e. The lowest BCUT2D eigenvalue weighted by molar-refractivity contribution is 0.680. The van der Waals surface area contributed by atoms with Crippen molar-refractivity contribution in [2.75, 3.05) is 0 Å². The van der Waals surface area contributed by atoms with Gasteiger partial charge >= 0.3 is 0 Å². The first-order valence-electron chi connectivity index (χ1n) is 10.9. The molecule has 4 aromatic rings. The molecule has 2 aromatic carbocycles. The molecule has 30 heavy (non-hydrogen) atoms. The van der Waals surface area contributed by atoms with Crippen LogP contribution in [0.1, 0.15) is 59.3 Å². The average Bonchev–Trinajstić information content (AvgIpc) is 3.26. The van der Waals surface area contributed by atoms with Gasteiger partial charge in [0.25, 0.3) is 0 Å². The second-order valence-corrected chi connectivity index (χ2v) is 8.62. The number of rotatable bonds is 0. The summed E-state index contributed by atoms with van der Waals surface area (Å²) in [6.07, 6.45) is 10.4. The van der Waals surface area contributed by atoms with Crippen molar-refractivity contribution in [1.29, 1.82) is 0 Å². The molecule has 0 unspecified atom stereocenters. The maximum absolute atomic E-state index is 3.56. The number of benzene rings is 2. The quantitative estimate of drug-likeness (QED) is 0.281. The number of aryl methyl sites for hydroxylation is 6. The van der Waals surface area contributed by atoms with E-state index in [9.17, 15) is 0 Å². The molecule has 2 heterocycles. The first-order valence-corrected chi connectivity index (χ1v) is 10.9. The van der Waals surface area contributed by atoms with Crippen LogP contribution in [0.25, 0.3) is 21.8 Å². The number of H-pyrrole nitrogens is 2. The zero-order valence-electron chi connectivity index (χ0n) is 17.9. The van der Waals surface area contributed by atoms with Gasteiger partial charge in [-0.3, -0.25) is 0 Å². The van der Waals surface area contributed by atoms with Gasteiger partial charge in [0.1, 0.15) is 0 Å². The van der Waals surface area contributed by atoms with Gasteiger partial charge in [0.05, 0.1) is 0 Å². The van der Waals surface area contributed by atoms with E-state index in [0.29, 0.717) is 0 Å². The van der Waals surface area contributed by atoms with Gasteiger partial charge in [0.2, 0.25) is 0 Å². The van der Waals surface area contributed by atoms with E-state index in [1.54, 1.807) is 11.1 Å².